The predicted octanol–water partition coefficient (Wildman–Crippen LogP) is 1.50. The van der Waals surface area contributed by atoms with E-state index in [1.165, 1.54) is 18.5 Å². The van der Waals surface area contributed by atoms with Gasteiger partial charge in [0.2, 0.25) is 0 Å². The molecule has 1 aliphatic rings. The fourth-order valence-electron chi connectivity index (χ4n) is 2.42. The minimum absolute atomic E-state index is 0.562. The normalized spacial score (nSPS) is 21.4. The summed E-state index contributed by atoms with van der Waals surface area (Å²) in [5, 5.41) is 3.43. The van der Waals surface area contributed by atoms with Gasteiger partial charge >= 0.3 is 0 Å². The monoisotopic (exact) mass is 216 g/mol. The molecule has 0 aromatic carbocycles. The van der Waals surface area contributed by atoms with Gasteiger partial charge in [-0.3, -0.25) is 4.40 Å². The first-order valence-electron chi connectivity index (χ1n) is 5.85. The molecule has 3 heterocycles. The molecule has 4 heteroatoms. The molecule has 0 aliphatic carbocycles. The lowest BCUT2D eigenvalue weighted by Gasteiger charge is -2.22. The molecular formula is C12H16N4. The zero-order valence-corrected chi connectivity index (χ0v) is 9.48. The number of hydrogen-bond donors (Lipinski definition) is 1. The van der Waals surface area contributed by atoms with E-state index < -0.39 is 0 Å². The number of aromatic nitrogens is 3. The number of hydrogen-bond acceptors (Lipinski definition) is 3. The molecular weight excluding hydrogens is 200 g/mol. The first-order valence-corrected chi connectivity index (χ1v) is 5.85. The highest BCUT2D eigenvalue weighted by Crippen LogP contribution is 2.22. The van der Waals surface area contributed by atoms with Crippen LogP contribution in [-0.4, -0.2) is 27.5 Å². The third kappa shape index (κ3) is 1.59. The zero-order valence-electron chi connectivity index (χ0n) is 9.48. The molecule has 0 spiro atoms. The van der Waals surface area contributed by atoms with Crippen molar-refractivity contribution >= 4 is 5.52 Å². The van der Waals surface area contributed by atoms with Gasteiger partial charge in [-0.05, 0) is 32.4 Å². The van der Waals surface area contributed by atoms with Crippen LogP contribution in [0.15, 0.2) is 18.6 Å². The first-order chi connectivity index (χ1) is 7.84. The van der Waals surface area contributed by atoms with Crippen molar-refractivity contribution in [3.05, 3.63) is 30.1 Å². The molecule has 84 valence electrons. The molecule has 16 heavy (non-hydrogen) atoms. The maximum atomic E-state index is 4.68. The van der Waals surface area contributed by atoms with Crippen LogP contribution in [0.25, 0.3) is 5.52 Å². The van der Waals surface area contributed by atoms with E-state index in [0.717, 1.165) is 24.4 Å². The van der Waals surface area contributed by atoms with Crippen LogP contribution in [-0.2, 0) is 0 Å². The van der Waals surface area contributed by atoms with E-state index in [4.69, 9.17) is 0 Å². The fourth-order valence-corrected chi connectivity index (χ4v) is 2.42. The minimum atomic E-state index is 0.562. The van der Waals surface area contributed by atoms with E-state index in [1.807, 2.05) is 23.8 Å². The molecule has 3 rings (SSSR count). The van der Waals surface area contributed by atoms with Gasteiger partial charge in [0, 0.05) is 18.2 Å². The standard InChI is InChI=1S/C12H16N4/c1-9-15-12(10-3-2-4-13-6-10)5-11-7-14-8-16(9)11/h5,7-8,10,13H,2-4,6H2,1H3/t10-/m0/s1. The lowest BCUT2D eigenvalue weighted by molar-refractivity contribution is 0.453. The highest BCUT2D eigenvalue weighted by Gasteiger charge is 2.17. The van der Waals surface area contributed by atoms with Crippen LogP contribution in [0.5, 0.6) is 0 Å². The van der Waals surface area contributed by atoms with Crippen LogP contribution in [0.1, 0.15) is 30.3 Å². The molecule has 1 saturated heterocycles. The highest BCUT2D eigenvalue weighted by molar-refractivity contribution is 5.46. The number of nitrogens with one attached hydrogen (secondary N) is 1. The summed E-state index contributed by atoms with van der Waals surface area (Å²) >= 11 is 0. The number of fused-ring (bicyclic) bond motifs is 1. The quantitative estimate of drug-likeness (QED) is 0.785. The van der Waals surface area contributed by atoms with Crippen molar-refractivity contribution in [1.29, 1.82) is 0 Å². The Morgan fingerprint density at radius 3 is 3.25 bits per heavy atom. The Bertz CT molecular complexity index is 497. The van der Waals surface area contributed by atoms with Crippen molar-refractivity contribution in [2.24, 2.45) is 0 Å². The zero-order chi connectivity index (χ0) is 11.0. The van der Waals surface area contributed by atoms with Crippen molar-refractivity contribution < 1.29 is 0 Å². The van der Waals surface area contributed by atoms with Gasteiger partial charge in [0.15, 0.2) is 0 Å². The second-order valence-corrected chi connectivity index (χ2v) is 4.46. The van der Waals surface area contributed by atoms with E-state index in [1.54, 1.807) is 0 Å². The van der Waals surface area contributed by atoms with Gasteiger partial charge in [-0.15, -0.1) is 0 Å². The second kappa shape index (κ2) is 3.87. The summed E-state index contributed by atoms with van der Waals surface area (Å²) in [6.07, 6.45) is 6.20. The van der Waals surface area contributed by atoms with Crippen molar-refractivity contribution in [2.45, 2.75) is 25.7 Å². The summed E-state index contributed by atoms with van der Waals surface area (Å²) in [6, 6.07) is 2.16. The average molecular weight is 216 g/mol. The molecule has 1 fully saturated rings. The molecule has 2 aromatic rings. The fraction of sp³-hybridized carbons (Fsp3) is 0.500. The third-order valence-electron chi connectivity index (χ3n) is 3.32. The van der Waals surface area contributed by atoms with Gasteiger partial charge in [-0.2, -0.15) is 0 Å². The van der Waals surface area contributed by atoms with Crippen molar-refractivity contribution in [2.75, 3.05) is 13.1 Å². The molecule has 0 saturated carbocycles. The van der Waals surface area contributed by atoms with Crippen LogP contribution in [0.3, 0.4) is 0 Å². The summed E-state index contributed by atoms with van der Waals surface area (Å²) < 4.78 is 2.03. The molecule has 1 N–H and O–H groups in total. The van der Waals surface area contributed by atoms with Gasteiger partial charge in [0.05, 0.1) is 11.7 Å². The van der Waals surface area contributed by atoms with Crippen LogP contribution in [0, 0.1) is 6.92 Å². The Morgan fingerprint density at radius 2 is 2.44 bits per heavy atom. The smallest absolute Gasteiger partial charge is 0.111 e. The number of nitrogens with zero attached hydrogens (tertiary/aromatic N) is 3. The van der Waals surface area contributed by atoms with E-state index in [9.17, 15) is 0 Å². The lowest BCUT2D eigenvalue weighted by atomic mass is 9.96. The summed E-state index contributed by atoms with van der Waals surface area (Å²) in [5.74, 6) is 1.59. The Balaban J connectivity index is 2.02. The summed E-state index contributed by atoms with van der Waals surface area (Å²) in [6.45, 7) is 4.23. The number of rotatable bonds is 1. The van der Waals surface area contributed by atoms with Crippen molar-refractivity contribution in [3.8, 4) is 0 Å². The second-order valence-electron chi connectivity index (χ2n) is 4.46. The van der Waals surface area contributed by atoms with Crippen molar-refractivity contribution in [3.63, 3.8) is 0 Å². The Hall–Kier alpha value is -1.42. The van der Waals surface area contributed by atoms with Crippen LogP contribution in [0.2, 0.25) is 0 Å². The Morgan fingerprint density at radius 1 is 1.50 bits per heavy atom. The van der Waals surface area contributed by atoms with E-state index in [0.29, 0.717) is 5.92 Å². The average Bonchev–Trinajstić information content (AvgIpc) is 2.79. The summed E-state index contributed by atoms with van der Waals surface area (Å²) in [5.41, 5.74) is 2.35. The Kier molecular flexibility index (Phi) is 2.36. The maximum absolute atomic E-state index is 4.68. The van der Waals surface area contributed by atoms with Gasteiger partial charge in [-0.1, -0.05) is 0 Å². The molecule has 1 aliphatic heterocycles. The number of aryl methyl sites for hydroxylation is 1. The van der Waals surface area contributed by atoms with Gasteiger partial charge < -0.3 is 5.32 Å². The molecule has 0 radical (unpaired) electrons. The van der Waals surface area contributed by atoms with Gasteiger partial charge in [0.25, 0.3) is 0 Å². The van der Waals surface area contributed by atoms with E-state index in [2.05, 4.69) is 21.4 Å². The largest absolute Gasteiger partial charge is 0.316 e. The summed E-state index contributed by atoms with van der Waals surface area (Å²) in [4.78, 5) is 8.84. The van der Waals surface area contributed by atoms with Crippen molar-refractivity contribution in [1.82, 2.24) is 19.7 Å². The SMILES string of the molecule is Cc1nc([C@H]2CCCNC2)cc2cncn12. The Labute approximate surface area is 94.7 Å². The maximum Gasteiger partial charge on any atom is 0.111 e. The molecule has 4 nitrogen and oxygen atoms in total. The molecule has 0 unspecified atom stereocenters. The van der Waals surface area contributed by atoms with Crippen LogP contribution in [0.4, 0.5) is 0 Å². The first kappa shape index (κ1) is 9.78. The summed E-state index contributed by atoms with van der Waals surface area (Å²) in [7, 11) is 0. The van der Waals surface area contributed by atoms with Gasteiger partial charge in [0.1, 0.15) is 12.2 Å². The lowest BCUT2D eigenvalue weighted by Crippen LogP contribution is -2.29. The third-order valence-corrected chi connectivity index (χ3v) is 3.32. The highest BCUT2D eigenvalue weighted by atomic mass is 15.0. The minimum Gasteiger partial charge on any atom is -0.316 e. The molecule has 0 amide bonds. The van der Waals surface area contributed by atoms with Gasteiger partial charge in [-0.25, -0.2) is 9.97 Å². The topological polar surface area (TPSA) is 42.2 Å². The number of piperidine rings is 1. The molecule has 0 bridgehead atoms. The molecule has 1 atom stereocenters. The van der Waals surface area contributed by atoms with E-state index >= 15 is 0 Å². The van der Waals surface area contributed by atoms with Crippen LogP contribution < -0.4 is 5.32 Å². The number of imidazole rings is 1. The predicted molar refractivity (Wildman–Crippen MR) is 62.6 cm³/mol. The van der Waals surface area contributed by atoms with E-state index in [-0.39, 0.29) is 0 Å². The molecule has 2 aromatic heterocycles. The van der Waals surface area contributed by atoms with Crippen LogP contribution >= 0.6 is 0 Å².